The SMILES string of the molecule is CCO/C(=C/C[Si](C)(C)C)n1nnc2ccccc21. The van der Waals surface area contributed by atoms with E-state index in [9.17, 15) is 0 Å². The Morgan fingerprint density at radius 2 is 2.05 bits per heavy atom. The molecule has 0 aliphatic carbocycles. The Morgan fingerprint density at radius 1 is 1.32 bits per heavy atom. The third-order valence-electron chi connectivity index (χ3n) is 2.74. The molecular formula is C14H21N3OSi. The molecule has 1 aromatic heterocycles. The van der Waals surface area contributed by atoms with Crippen LogP contribution in [0.1, 0.15) is 6.92 Å². The van der Waals surface area contributed by atoms with Gasteiger partial charge in [-0.25, -0.2) is 0 Å². The third kappa shape index (κ3) is 3.44. The topological polar surface area (TPSA) is 39.9 Å². The van der Waals surface area contributed by atoms with Crippen LogP contribution >= 0.6 is 0 Å². The number of para-hydroxylation sites is 1. The van der Waals surface area contributed by atoms with Crippen molar-refractivity contribution in [1.29, 1.82) is 0 Å². The molecule has 0 fully saturated rings. The Kier molecular flexibility index (Phi) is 4.04. The average molecular weight is 275 g/mol. The van der Waals surface area contributed by atoms with Crippen molar-refractivity contribution in [2.24, 2.45) is 0 Å². The molecule has 19 heavy (non-hydrogen) atoms. The summed E-state index contributed by atoms with van der Waals surface area (Å²) in [6.45, 7) is 9.64. The van der Waals surface area contributed by atoms with Crippen LogP contribution in [-0.4, -0.2) is 29.7 Å². The van der Waals surface area contributed by atoms with Gasteiger partial charge in [0.1, 0.15) is 5.52 Å². The summed E-state index contributed by atoms with van der Waals surface area (Å²) in [5.74, 6) is 0.790. The van der Waals surface area contributed by atoms with E-state index in [0.29, 0.717) is 6.61 Å². The molecular weight excluding hydrogens is 254 g/mol. The molecule has 1 aromatic carbocycles. The van der Waals surface area contributed by atoms with Crippen molar-refractivity contribution in [2.75, 3.05) is 6.61 Å². The first-order valence-corrected chi connectivity index (χ1v) is 10.4. The van der Waals surface area contributed by atoms with Crippen molar-refractivity contribution in [1.82, 2.24) is 15.0 Å². The zero-order chi connectivity index (χ0) is 13.9. The van der Waals surface area contributed by atoms with E-state index in [1.165, 1.54) is 0 Å². The van der Waals surface area contributed by atoms with Crippen molar-refractivity contribution in [3.63, 3.8) is 0 Å². The zero-order valence-electron chi connectivity index (χ0n) is 12.1. The lowest BCUT2D eigenvalue weighted by molar-refractivity contribution is 0.272. The van der Waals surface area contributed by atoms with Crippen LogP contribution in [0.25, 0.3) is 16.9 Å². The van der Waals surface area contributed by atoms with Crippen LogP contribution in [-0.2, 0) is 4.74 Å². The van der Waals surface area contributed by atoms with E-state index in [2.05, 4.69) is 36.0 Å². The van der Waals surface area contributed by atoms with Gasteiger partial charge in [-0.05, 0) is 31.2 Å². The molecule has 1 heterocycles. The molecule has 0 saturated carbocycles. The van der Waals surface area contributed by atoms with Crippen LogP contribution < -0.4 is 0 Å². The Labute approximate surface area is 115 Å². The smallest absolute Gasteiger partial charge is 0.211 e. The molecule has 0 bridgehead atoms. The van der Waals surface area contributed by atoms with Crippen LogP contribution in [0, 0.1) is 0 Å². The summed E-state index contributed by atoms with van der Waals surface area (Å²) in [4.78, 5) is 0. The Balaban J connectivity index is 2.38. The van der Waals surface area contributed by atoms with Gasteiger partial charge in [0.25, 0.3) is 0 Å². The second kappa shape index (κ2) is 5.57. The minimum absolute atomic E-state index is 0.631. The fourth-order valence-corrected chi connectivity index (χ4v) is 2.57. The number of rotatable bonds is 5. The van der Waals surface area contributed by atoms with E-state index in [4.69, 9.17) is 4.74 Å². The van der Waals surface area contributed by atoms with Gasteiger partial charge < -0.3 is 4.74 Å². The van der Waals surface area contributed by atoms with Gasteiger partial charge in [0, 0.05) is 8.07 Å². The zero-order valence-corrected chi connectivity index (χ0v) is 13.1. The lowest BCUT2D eigenvalue weighted by atomic mass is 10.3. The van der Waals surface area contributed by atoms with Gasteiger partial charge in [0.15, 0.2) is 0 Å². The van der Waals surface area contributed by atoms with Crippen molar-refractivity contribution in [3.8, 4) is 0 Å². The van der Waals surface area contributed by atoms with E-state index in [-0.39, 0.29) is 0 Å². The van der Waals surface area contributed by atoms with Crippen LogP contribution in [0.2, 0.25) is 25.7 Å². The second-order valence-corrected chi connectivity index (χ2v) is 11.3. The summed E-state index contributed by atoms with van der Waals surface area (Å²) >= 11 is 0. The maximum Gasteiger partial charge on any atom is 0.211 e. The van der Waals surface area contributed by atoms with Crippen molar-refractivity contribution in [2.45, 2.75) is 32.6 Å². The molecule has 0 unspecified atom stereocenters. The molecule has 0 spiro atoms. The van der Waals surface area contributed by atoms with Crippen LogP contribution in [0.5, 0.6) is 0 Å². The summed E-state index contributed by atoms with van der Waals surface area (Å²) in [6, 6.07) is 8.99. The molecule has 0 aliphatic heterocycles. The summed E-state index contributed by atoms with van der Waals surface area (Å²) in [6.07, 6.45) is 2.15. The normalized spacial score (nSPS) is 12.9. The van der Waals surface area contributed by atoms with E-state index >= 15 is 0 Å². The van der Waals surface area contributed by atoms with Gasteiger partial charge in [0.2, 0.25) is 5.88 Å². The molecule has 102 valence electrons. The standard InChI is InChI=1S/C14H21N3OSi/c1-5-18-14(10-11-19(2,3)4)17-13-9-7-6-8-12(13)15-16-17/h6-10H,5,11H2,1-4H3/b14-10+. The number of hydrogen-bond donors (Lipinski definition) is 0. The van der Waals surface area contributed by atoms with E-state index in [1.807, 2.05) is 31.2 Å². The van der Waals surface area contributed by atoms with E-state index in [0.717, 1.165) is 23.0 Å². The first-order valence-electron chi connectivity index (χ1n) is 6.65. The Bertz CT molecular complexity index is 584. The number of ether oxygens (including phenoxy) is 1. The van der Waals surface area contributed by atoms with Gasteiger partial charge in [-0.15, -0.1) is 5.10 Å². The van der Waals surface area contributed by atoms with Crippen molar-refractivity contribution in [3.05, 3.63) is 30.3 Å². The molecule has 0 N–H and O–H groups in total. The summed E-state index contributed by atoms with van der Waals surface area (Å²) < 4.78 is 7.52. The van der Waals surface area contributed by atoms with Gasteiger partial charge in [-0.3, -0.25) is 0 Å². The molecule has 0 aliphatic rings. The molecule has 2 aromatic rings. The number of allylic oxidation sites excluding steroid dienone is 1. The molecule has 0 atom stereocenters. The van der Waals surface area contributed by atoms with Crippen molar-refractivity contribution >= 4 is 25.0 Å². The third-order valence-corrected chi connectivity index (χ3v) is 4.17. The number of nitrogens with zero attached hydrogens (tertiary/aromatic N) is 3. The highest BCUT2D eigenvalue weighted by Gasteiger charge is 2.14. The number of benzene rings is 1. The Morgan fingerprint density at radius 3 is 2.74 bits per heavy atom. The molecule has 4 nitrogen and oxygen atoms in total. The number of fused-ring (bicyclic) bond motifs is 1. The molecule has 0 saturated heterocycles. The highest BCUT2D eigenvalue weighted by atomic mass is 28.3. The molecule has 5 heteroatoms. The molecule has 0 radical (unpaired) electrons. The van der Waals surface area contributed by atoms with Gasteiger partial charge in [0.05, 0.1) is 12.1 Å². The predicted octanol–water partition coefficient (Wildman–Crippen LogP) is 3.60. The highest BCUT2D eigenvalue weighted by molar-refractivity contribution is 6.76. The number of aromatic nitrogens is 3. The van der Waals surface area contributed by atoms with Crippen LogP contribution in [0.3, 0.4) is 0 Å². The van der Waals surface area contributed by atoms with E-state index < -0.39 is 8.07 Å². The minimum Gasteiger partial charge on any atom is -0.478 e. The van der Waals surface area contributed by atoms with Crippen molar-refractivity contribution < 1.29 is 4.74 Å². The minimum atomic E-state index is -1.15. The summed E-state index contributed by atoms with van der Waals surface area (Å²) in [7, 11) is -1.15. The predicted molar refractivity (Wildman–Crippen MR) is 81.6 cm³/mol. The molecule has 2 rings (SSSR count). The maximum absolute atomic E-state index is 5.73. The lowest BCUT2D eigenvalue weighted by Crippen LogP contribution is -2.18. The van der Waals surface area contributed by atoms with Crippen LogP contribution in [0.4, 0.5) is 0 Å². The monoisotopic (exact) mass is 275 g/mol. The quantitative estimate of drug-likeness (QED) is 0.618. The fourth-order valence-electron chi connectivity index (χ4n) is 1.78. The summed E-state index contributed by atoms with van der Waals surface area (Å²) in [5, 5.41) is 8.37. The average Bonchev–Trinajstić information content (AvgIpc) is 2.77. The number of hydrogen-bond acceptors (Lipinski definition) is 3. The summed E-state index contributed by atoms with van der Waals surface area (Å²) in [5.41, 5.74) is 1.87. The largest absolute Gasteiger partial charge is 0.478 e. The van der Waals surface area contributed by atoms with Gasteiger partial charge >= 0.3 is 0 Å². The first kappa shape index (κ1) is 13.8. The maximum atomic E-state index is 5.73. The molecule has 0 amide bonds. The van der Waals surface area contributed by atoms with Gasteiger partial charge in [-0.2, -0.15) is 4.68 Å². The Hall–Kier alpha value is -1.62. The van der Waals surface area contributed by atoms with Crippen LogP contribution in [0.15, 0.2) is 30.3 Å². The fraction of sp³-hybridized carbons (Fsp3) is 0.429. The highest BCUT2D eigenvalue weighted by Crippen LogP contribution is 2.18. The second-order valence-electron chi connectivity index (χ2n) is 5.73. The van der Waals surface area contributed by atoms with E-state index in [1.54, 1.807) is 4.68 Å². The lowest BCUT2D eigenvalue weighted by Gasteiger charge is -2.14. The van der Waals surface area contributed by atoms with Gasteiger partial charge in [-0.1, -0.05) is 37.0 Å². The first-order chi connectivity index (χ1) is 9.01.